The number of amides is 2. The number of nitrogens with one attached hydrogen (secondary N) is 4. The number of carbonyl (C=O) groups is 2. The van der Waals surface area contributed by atoms with Crippen molar-refractivity contribution in [2.24, 2.45) is 0 Å². The normalized spacial score (nSPS) is 25.5. The van der Waals surface area contributed by atoms with Crippen LogP contribution in [0.4, 0.5) is 49.1 Å². The zero-order chi connectivity index (χ0) is 43.7. The smallest absolute Gasteiger partial charge is 0.419 e. The Morgan fingerprint density at radius 3 is 1.35 bits per heavy atom. The fraction of sp³-hybridized carbons (Fsp3) is 0.381. The summed E-state index contributed by atoms with van der Waals surface area (Å²) in [6.45, 7) is 3.39. The van der Waals surface area contributed by atoms with Gasteiger partial charge in [-0.3, -0.25) is 9.59 Å². The number of hydrogen-bond donors (Lipinski definition) is 8. The highest BCUT2D eigenvalue weighted by Crippen LogP contribution is 2.58. The number of hydrogen-bond acceptors (Lipinski definition) is 8. The van der Waals surface area contributed by atoms with Crippen LogP contribution in [0.25, 0.3) is 0 Å². The van der Waals surface area contributed by atoms with Crippen molar-refractivity contribution in [2.45, 2.75) is 99.8 Å². The molecule has 60 heavy (non-hydrogen) atoms. The first kappa shape index (κ1) is 43.2. The van der Waals surface area contributed by atoms with E-state index in [0.717, 1.165) is 0 Å². The Balaban J connectivity index is 0.000000181. The Kier molecular flexibility index (Phi) is 11.2. The molecule has 0 fully saturated rings. The van der Waals surface area contributed by atoms with Gasteiger partial charge in [0.15, 0.2) is 11.2 Å². The second-order valence-electron chi connectivity index (χ2n) is 15.5. The quantitative estimate of drug-likeness (QED) is 0.0888. The number of phenols is 2. The average Bonchev–Trinajstić information content (AvgIpc) is 3.77. The first-order chi connectivity index (χ1) is 28.1. The Bertz CT molecular complexity index is 2220. The van der Waals surface area contributed by atoms with Crippen LogP contribution < -0.4 is 21.3 Å². The number of rotatable bonds is 6. The number of anilines is 4. The van der Waals surface area contributed by atoms with Crippen molar-refractivity contribution in [3.63, 3.8) is 0 Å². The van der Waals surface area contributed by atoms with E-state index in [1.807, 2.05) is 0 Å². The Morgan fingerprint density at radius 2 is 1.02 bits per heavy atom. The predicted molar refractivity (Wildman–Crippen MR) is 214 cm³/mol. The van der Waals surface area contributed by atoms with E-state index in [1.54, 1.807) is 50.2 Å². The molecule has 0 spiro atoms. The Morgan fingerprint density at radius 1 is 0.650 bits per heavy atom. The van der Waals surface area contributed by atoms with Gasteiger partial charge in [0.1, 0.15) is 11.5 Å². The third-order valence-corrected chi connectivity index (χ3v) is 12.7. The molecule has 2 heterocycles. The highest BCUT2D eigenvalue weighted by molar-refractivity contribution is 6.32. The van der Waals surface area contributed by atoms with E-state index in [-0.39, 0.29) is 70.2 Å². The molecule has 18 heteroatoms. The Hall–Kier alpha value is -4.90. The summed E-state index contributed by atoms with van der Waals surface area (Å²) >= 11 is 12.1. The van der Waals surface area contributed by atoms with Crippen molar-refractivity contribution >= 4 is 57.8 Å². The van der Waals surface area contributed by atoms with Crippen molar-refractivity contribution in [3.05, 3.63) is 104 Å². The number of carbonyl (C=O) groups excluding carboxylic acids is 2. The number of halogens is 8. The molecule has 10 nitrogen and oxygen atoms in total. The number of aliphatic hydroxyl groups is 2. The lowest BCUT2D eigenvalue weighted by molar-refractivity contribution is -0.273. The largest absolute Gasteiger partial charge is 0.506 e. The first-order valence-corrected chi connectivity index (χ1v) is 19.9. The van der Waals surface area contributed by atoms with Crippen LogP contribution in [0.5, 0.6) is 11.5 Å². The zero-order valence-corrected chi connectivity index (χ0v) is 33.5. The van der Waals surface area contributed by atoms with E-state index in [2.05, 4.69) is 21.3 Å². The monoisotopic (exact) mass is 880 g/mol. The molecule has 8 N–H and O–H groups in total. The van der Waals surface area contributed by atoms with E-state index in [1.165, 1.54) is 24.3 Å². The van der Waals surface area contributed by atoms with Crippen LogP contribution in [-0.4, -0.2) is 55.8 Å². The lowest BCUT2D eigenvalue weighted by Crippen LogP contribution is -2.55. The van der Waals surface area contributed by atoms with Gasteiger partial charge in [0, 0.05) is 45.0 Å². The van der Waals surface area contributed by atoms with Crippen LogP contribution in [0.15, 0.2) is 60.7 Å². The van der Waals surface area contributed by atoms with Gasteiger partial charge in [-0.15, -0.1) is 0 Å². The minimum absolute atomic E-state index is 0.0198. The number of alkyl halides is 6. The molecule has 0 saturated carbocycles. The molecule has 4 aromatic rings. The molecule has 0 unspecified atom stereocenters. The van der Waals surface area contributed by atoms with Gasteiger partial charge in [0.25, 0.3) is 0 Å². The molecule has 0 bridgehead atoms. The summed E-state index contributed by atoms with van der Waals surface area (Å²) in [5.41, 5.74) is -2.58. The molecule has 4 aromatic carbocycles. The molecule has 0 saturated heterocycles. The summed E-state index contributed by atoms with van der Waals surface area (Å²) in [7, 11) is 0. The average molecular weight is 882 g/mol. The molecular weight excluding hydrogens is 841 g/mol. The van der Waals surface area contributed by atoms with Gasteiger partial charge in [0.05, 0.1) is 35.0 Å². The zero-order valence-electron chi connectivity index (χ0n) is 32.0. The summed E-state index contributed by atoms with van der Waals surface area (Å²) in [6.07, 6.45) is -10.5. The molecular formula is C42H40Cl2F6N4O6. The molecule has 4 aliphatic rings. The lowest BCUT2D eigenvalue weighted by Gasteiger charge is -2.46. The van der Waals surface area contributed by atoms with Crippen molar-refractivity contribution < 1.29 is 56.4 Å². The maximum Gasteiger partial charge on any atom is 0.419 e. The van der Waals surface area contributed by atoms with Crippen molar-refractivity contribution in [2.75, 3.05) is 21.3 Å². The van der Waals surface area contributed by atoms with E-state index in [4.69, 9.17) is 23.2 Å². The predicted octanol–water partition coefficient (Wildman–Crippen LogP) is 9.77. The minimum atomic E-state index is -4.93. The number of phenolic OH excluding ortho intramolecular Hbond substituents is 2. The molecule has 8 rings (SSSR count). The molecule has 6 atom stereocenters. The number of aromatic hydroxyl groups is 2. The van der Waals surface area contributed by atoms with Crippen LogP contribution in [0.2, 0.25) is 10.0 Å². The summed E-state index contributed by atoms with van der Waals surface area (Å²) < 4.78 is 84.9. The highest BCUT2D eigenvalue weighted by atomic mass is 35.5. The SMILES string of the molecule is CC[C@@H]1C[C@@](O)(C(F)(F)F)[C@H](Nc2cccc3c2CC(=O)N3)c2ccc(Cl)c(O)c21.CC[C@H]1C[C@](O)(C(F)(F)F)[C@@H](Nc2cccc3c2CC(=O)N3)c2ccc(Cl)c(O)c21. The van der Waals surface area contributed by atoms with Crippen LogP contribution in [0.3, 0.4) is 0 Å². The van der Waals surface area contributed by atoms with Crippen LogP contribution in [0, 0.1) is 0 Å². The second kappa shape index (κ2) is 15.5. The van der Waals surface area contributed by atoms with Crippen LogP contribution >= 0.6 is 23.2 Å². The summed E-state index contributed by atoms with van der Waals surface area (Å²) in [5.74, 6) is -2.52. The Labute approximate surface area is 349 Å². The fourth-order valence-electron chi connectivity index (χ4n) is 8.99. The molecule has 320 valence electrons. The molecule has 2 aliphatic heterocycles. The van der Waals surface area contributed by atoms with Crippen molar-refractivity contribution in [1.82, 2.24) is 0 Å². The van der Waals surface area contributed by atoms with Gasteiger partial charge in [-0.25, -0.2) is 0 Å². The fourth-order valence-corrected chi connectivity index (χ4v) is 9.32. The third-order valence-electron chi connectivity index (χ3n) is 12.1. The van der Waals surface area contributed by atoms with Gasteiger partial charge in [0.2, 0.25) is 11.8 Å². The van der Waals surface area contributed by atoms with Crippen LogP contribution in [-0.2, 0) is 22.4 Å². The summed E-state index contributed by atoms with van der Waals surface area (Å²) in [4.78, 5) is 23.6. The van der Waals surface area contributed by atoms with Gasteiger partial charge in [-0.2, -0.15) is 26.3 Å². The number of fused-ring (bicyclic) bond motifs is 4. The second-order valence-corrected chi connectivity index (χ2v) is 16.3. The maximum atomic E-state index is 14.2. The topological polar surface area (TPSA) is 163 Å². The van der Waals surface area contributed by atoms with Crippen molar-refractivity contribution in [3.8, 4) is 11.5 Å². The van der Waals surface area contributed by atoms with E-state index in [0.29, 0.717) is 45.0 Å². The van der Waals surface area contributed by atoms with E-state index < -0.39 is 60.3 Å². The van der Waals surface area contributed by atoms with E-state index >= 15 is 0 Å². The molecule has 2 aliphatic carbocycles. The first-order valence-electron chi connectivity index (χ1n) is 19.1. The van der Waals surface area contributed by atoms with Crippen molar-refractivity contribution in [1.29, 1.82) is 0 Å². The molecule has 0 radical (unpaired) electrons. The summed E-state index contributed by atoms with van der Waals surface area (Å²) in [6, 6.07) is 11.9. The molecule has 0 aromatic heterocycles. The maximum absolute atomic E-state index is 14.2. The van der Waals surface area contributed by atoms with Gasteiger partial charge in [-0.05, 0) is 85.0 Å². The van der Waals surface area contributed by atoms with Crippen LogP contribution in [0.1, 0.15) is 96.8 Å². The third kappa shape index (κ3) is 7.24. The highest BCUT2D eigenvalue weighted by Gasteiger charge is 2.64. The summed E-state index contributed by atoms with van der Waals surface area (Å²) in [5, 5.41) is 54.0. The standard InChI is InChI=1S/2C21H20ClF3N2O3/c2*1-2-10-9-20(30,21(23,24)25)19(11-6-7-13(22)18(29)17(10)11)27-15-5-3-4-14-12(15)8-16(28)26-14/h2*3-7,10,19,27,29-30H,2,8-9H2,1H3,(H,26,28)/t2*10-,19-,20+/m10/s1. The molecule has 2 amide bonds. The number of benzene rings is 4. The van der Waals surface area contributed by atoms with Gasteiger partial charge >= 0.3 is 12.4 Å². The van der Waals surface area contributed by atoms with E-state index in [9.17, 15) is 56.4 Å². The van der Waals surface area contributed by atoms with Gasteiger partial charge < -0.3 is 41.7 Å². The lowest BCUT2D eigenvalue weighted by atomic mass is 9.69. The minimum Gasteiger partial charge on any atom is -0.506 e. The van der Waals surface area contributed by atoms with Gasteiger partial charge in [-0.1, -0.05) is 61.3 Å².